The molecule has 0 aliphatic rings. The fourth-order valence-corrected chi connectivity index (χ4v) is 3.12. The van der Waals surface area contributed by atoms with Crippen molar-refractivity contribution in [2.45, 2.75) is 12.1 Å². The molecule has 106 valence electrons. The Bertz CT molecular complexity index is 560. The van der Waals surface area contributed by atoms with E-state index in [-0.39, 0.29) is 23.7 Å². The van der Waals surface area contributed by atoms with Gasteiger partial charge in [-0.3, -0.25) is 0 Å². The molecule has 0 amide bonds. The first-order chi connectivity index (χ1) is 8.83. The van der Waals surface area contributed by atoms with E-state index in [4.69, 9.17) is 10.5 Å². The number of esters is 1. The van der Waals surface area contributed by atoms with Gasteiger partial charge in [-0.1, -0.05) is 11.8 Å². The molecule has 0 fully saturated rings. The highest BCUT2D eigenvalue weighted by Crippen LogP contribution is 2.17. The molecule has 1 heterocycles. The van der Waals surface area contributed by atoms with Crippen LogP contribution in [0.25, 0.3) is 0 Å². The van der Waals surface area contributed by atoms with Crippen LogP contribution in [0.1, 0.15) is 17.3 Å². The van der Waals surface area contributed by atoms with Gasteiger partial charge in [-0.2, -0.15) is 0 Å². The van der Waals surface area contributed by atoms with Gasteiger partial charge in [0.15, 0.2) is 5.16 Å². The Hall–Kier alpha value is -1.35. The van der Waals surface area contributed by atoms with E-state index in [0.29, 0.717) is 10.9 Å². The number of rotatable bonds is 6. The van der Waals surface area contributed by atoms with Gasteiger partial charge in [0.1, 0.15) is 21.2 Å². The standard InChI is InChI=1S/C10H15N3O4S2/c1-3-17-9(14)7-6-12-10(13-8(7)11)18-4-5-19(2,15)16/h6H,3-5H2,1-2H3,(H2,11,12,13). The van der Waals surface area contributed by atoms with Gasteiger partial charge in [-0.05, 0) is 6.92 Å². The summed E-state index contributed by atoms with van der Waals surface area (Å²) in [5.74, 6) is -0.194. The maximum atomic E-state index is 11.5. The SMILES string of the molecule is CCOC(=O)c1cnc(SCCS(C)(=O)=O)nc1N. The largest absolute Gasteiger partial charge is 0.462 e. The van der Waals surface area contributed by atoms with Crippen molar-refractivity contribution in [3.05, 3.63) is 11.8 Å². The van der Waals surface area contributed by atoms with Crippen LogP contribution >= 0.6 is 11.8 Å². The zero-order valence-corrected chi connectivity index (χ0v) is 12.3. The number of carbonyl (C=O) groups is 1. The van der Waals surface area contributed by atoms with E-state index in [1.54, 1.807) is 6.92 Å². The lowest BCUT2D eigenvalue weighted by Gasteiger charge is -2.05. The Morgan fingerprint density at radius 3 is 2.74 bits per heavy atom. The van der Waals surface area contributed by atoms with E-state index in [1.165, 1.54) is 6.20 Å². The van der Waals surface area contributed by atoms with Gasteiger partial charge in [0.25, 0.3) is 0 Å². The van der Waals surface area contributed by atoms with Gasteiger partial charge in [0.2, 0.25) is 0 Å². The molecule has 0 bridgehead atoms. The zero-order chi connectivity index (χ0) is 14.5. The molecule has 9 heteroatoms. The lowest BCUT2D eigenvalue weighted by molar-refractivity contribution is 0.0526. The summed E-state index contributed by atoms with van der Waals surface area (Å²) in [6.07, 6.45) is 2.44. The van der Waals surface area contributed by atoms with Crippen LogP contribution in [0.15, 0.2) is 11.4 Å². The van der Waals surface area contributed by atoms with E-state index < -0.39 is 15.8 Å². The number of anilines is 1. The summed E-state index contributed by atoms with van der Waals surface area (Å²) in [5, 5.41) is 0.328. The molecule has 0 saturated carbocycles. The van der Waals surface area contributed by atoms with Gasteiger partial charge >= 0.3 is 5.97 Å². The van der Waals surface area contributed by atoms with Crippen LogP contribution in [0.3, 0.4) is 0 Å². The number of nitrogen functional groups attached to an aromatic ring is 1. The van der Waals surface area contributed by atoms with Crippen LogP contribution in [-0.2, 0) is 14.6 Å². The normalized spacial score (nSPS) is 11.3. The van der Waals surface area contributed by atoms with Crippen molar-refractivity contribution < 1.29 is 17.9 Å². The van der Waals surface area contributed by atoms with Crippen LogP contribution in [0.4, 0.5) is 5.82 Å². The van der Waals surface area contributed by atoms with Crippen molar-refractivity contribution in [2.24, 2.45) is 0 Å². The summed E-state index contributed by atoms with van der Waals surface area (Å²) in [6, 6.07) is 0. The quantitative estimate of drug-likeness (QED) is 0.456. The molecular formula is C10H15N3O4S2. The minimum atomic E-state index is -3.02. The highest BCUT2D eigenvalue weighted by atomic mass is 32.2. The Morgan fingerprint density at radius 2 is 2.21 bits per heavy atom. The first-order valence-corrected chi connectivity index (χ1v) is 8.48. The average Bonchev–Trinajstić information content (AvgIpc) is 2.27. The molecule has 2 N–H and O–H groups in total. The molecule has 1 aromatic rings. The van der Waals surface area contributed by atoms with Crippen molar-refractivity contribution >= 4 is 33.4 Å². The third kappa shape index (κ3) is 5.43. The van der Waals surface area contributed by atoms with Crippen molar-refractivity contribution in [1.29, 1.82) is 0 Å². The van der Waals surface area contributed by atoms with Gasteiger partial charge < -0.3 is 10.5 Å². The van der Waals surface area contributed by atoms with Crippen LogP contribution in [0, 0.1) is 0 Å². The summed E-state index contributed by atoms with van der Waals surface area (Å²) < 4.78 is 26.7. The van der Waals surface area contributed by atoms with E-state index in [0.717, 1.165) is 18.0 Å². The molecule has 0 atom stereocenters. The predicted molar refractivity (Wildman–Crippen MR) is 72.8 cm³/mol. The summed E-state index contributed by atoms with van der Waals surface area (Å²) in [5.41, 5.74) is 5.73. The number of thioether (sulfide) groups is 1. The van der Waals surface area contributed by atoms with Crippen LogP contribution in [-0.4, -0.2) is 48.7 Å². The number of hydrogen-bond acceptors (Lipinski definition) is 8. The zero-order valence-electron chi connectivity index (χ0n) is 10.6. The van der Waals surface area contributed by atoms with Crippen LogP contribution < -0.4 is 5.73 Å². The number of nitrogens with zero attached hydrogens (tertiary/aromatic N) is 2. The third-order valence-electron chi connectivity index (χ3n) is 1.98. The molecule has 0 spiro atoms. The Morgan fingerprint density at radius 1 is 1.53 bits per heavy atom. The second-order valence-electron chi connectivity index (χ2n) is 3.65. The van der Waals surface area contributed by atoms with Gasteiger partial charge in [0, 0.05) is 18.2 Å². The highest BCUT2D eigenvalue weighted by molar-refractivity contribution is 8.00. The highest BCUT2D eigenvalue weighted by Gasteiger charge is 2.14. The van der Waals surface area contributed by atoms with Crippen molar-refractivity contribution in [3.63, 3.8) is 0 Å². The van der Waals surface area contributed by atoms with Gasteiger partial charge in [-0.15, -0.1) is 0 Å². The third-order valence-corrected chi connectivity index (χ3v) is 4.04. The summed E-state index contributed by atoms with van der Waals surface area (Å²) in [6.45, 7) is 1.92. The molecule has 19 heavy (non-hydrogen) atoms. The van der Waals surface area contributed by atoms with E-state index in [9.17, 15) is 13.2 Å². The van der Waals surface area contributed by atoms with E-state index in [2.05, 4.69) is 9.97 Å². The van der Waals surface area contributed by atoms with Crippen molar-refractivity contribution in [2.75, 3.05) is 30.1 Å². The topological polar surface area (TPSA) is 112 Å². The Kier molecular flexibility index (Phi) is 5.55. The molecule has 0 aliphatic heterocycles. The Labute approximate surface area is 115 Å². The predicted octanol–water partition coefficient (Wildman–Crippen LogP) is 0.372. The number of hydrogen-bond donors (Lipinski definition) is 1. The molecule has 0 radical (unpaired) electrons. The fourth-order valence-electron chi connectivity index (χ4n) is 1.10. The van der Waals surface area contributed by atoms with Gasteiger partial charge in [0.05, 0.1) is 12.4 Å². The lowest BCUT2D eigenvalue weighted by atomic mass is 10.3. The van der Waals surface area contributed by atoms with Crippen molar-refractivity contribution in [3.8, 4) is 0 Å². The molecular weight excluding hydrogens is 290 g/mol. The molecule has 0 unspecified atom stereocenters. The fraction of sp³-hybridized carbons (Fsp3) is 0.500. The summed E-state index contributed by atoms with van der Waals surface area (Å²) in [7, 11) is -3.02. The first kappa shape index (κ1) is 15.7. The smallest absolute Gasteiger partial charge is 0.343 e. The maximum Gasteiger partial charge on any atom is 0.343 e. The minimum absolute atomic E-state index is 0.0234. The number of carbonyl (C=O) groups excluding carboxylic acids is 1. The van der Waals surface area contributed by atoms with Crippen LogP contribution in [0.5, 0.6) is 0 Å². The number of sulfone groups is 1. The monoisotopic (exact) mass is 305 g/mol. The first-order valence-electron chi connectivity index (χ1n) is 5.43. The molecule has 7 nitrogen and oxygen atoms in total. The number of aromatic nitrogens is 2. The molecule has 1 rings (SSSR count). The maximum absolute atomic E-state index is 11.5. The Balaban J connectivity index is 2.69. The molecule has 0 aliphatic carbocycles. The molecule has 0 aromatic carbocycles. The molecule has 0 saturated heterocycles. The number of nitrogens with two attached hydrogens (primary N) is 1. The van der Waals surface area contributed by atoms with E-state index >= 15 is 0 Å². The summed E-state index contributed by atoms with van der Waals surface area (Å²) in [4.78, 5) is 19.3. The minimum Gasteiger partial charge on any atom is -0.462 e. The lowest BCUT2D eigenvalue weighted by Crippen LogP contribution is -2.11. The van der Waals surface area contributed by atoms with Crippen LogP contribution in [0.2, 0.25) is 0 Å². The average molecular weight is 305 g/mol. The second-order valence-corrected chi connectivity index (χ2v) is 6.97. The van der Waals surface area contributed by atoms with Gasteiger partial charge in [-0.25, -0.2) is 23.2 Å². The number of ether oxygens (including phenoxy) is 1. The second kappa shape index (κ2) is 6.71. The van der Waals surface area contributed by atoms with E-state index in [1.807, 2.05) is 0 Å². The summed E-state index contributed by atoms with van der Waals surface area (Å²) >= 11 is 1.16. The van der Waals surface area contributed by atoms with Crippen molar-refractivity contribution in [1.82, 2.24) is 9.97 Å². The molecule has 1 aromatic heterocycles.